The quantitative estimate of drug-likeness (QED) is 0.692. The summed E-state index contributed by atoms with van der Waals surface area (Å²) in [6.07, 6.45) is 4.80. The molecule has 0 aliphatic carbocycles. The number of hydrogen-bond donors (Lipinski definition) is 0. The Morgan fingerprint density at radius 3 is 2.85 bits per heavy atom. The van der Waals surface area contributed by atoms with Gasteiger partial charge in [-0.25, -0.2) is 4.98 Å². The molecule has 6 heteroatoms. The van der Waals surface area contributed by atoms with Gasteiger partial charge in [0.15, 0.2) is 0 Å². The number of halogens is 2. The number of nitrogens with zero attached hydrogens (tertiary/aromatic N) is 4. The third-order valence-electron chi connectivity index (χ3n) is 3.29. The van der Waals surface area contributed by atoms with Gasteiger partial charge in [-0.1, -0.05) is 11.6 Å². The highest BCUT2D eigenvalue weighted by Crippen LogP contribution is 2.22. The second kappa shape index (κ2) is 5.46. The van der Waals surface area contributed by atoms with E-state index in [-0.39, 0.29) is 0 Å². The van der Waals surface area contributed by atoms with Gasteiger partial charge in [-0.05, 0) is 30.2 Å². The van der Waals surface area contributed by atoms with E-state index in [4.69, 9.17) is 23.2 Å². The van der Waals surface area contributed by atoms with E-state index >= 15 is 0 Å². The lowest BCUT2D eigenvalue weighted by Crippen LogP contribution is -2.04. The van der Waals surface area contributed by atoms with Gasteiger partial charge in [-0.2, -0.15) is 5.10 Å². The third kappa shape index (κ3) is 2.53. The van der Waals surface area contributed by atoms with Crippen LogP contribution in [0.15, 0.2) is 30.6 Å². The van der Waals surface area contributed by atoms with Crippen LogP contribution in [0.2, 0.25) is 5.02 Å². The lowest BCUT2D eigenvalue weighted by atomic mass is 10.2. The Morgan fingerprint density at radius 2 is 2.15 bits per heavy atom. The zero-order valence-corrected chi connectivity index (χ0v) is 12.6. The van der Waals surface area contributed by atoms with E-state index < -0.39 is 0 Å². The van der Waals surface area contributed by atoms with Crippen molar-refractivity contribution in [1.82, 2.24) is 19.3 Å². The summed E-state index contributed by atoms with van der Waals surface area (Å²) in [7, 11) is 1.92. The van der Waals surface area contributed by atoms with E-state index in [1.54, 1.807) is 0 Å². The van der Waals surface area contributed by atoms with Gasteiger partial charge >= 0.3 is 0 Å². The van der Waals surface area contributed by atoms with Crippen LogP contribution in [0, 0.1) is 0 Å². The van der Waals surface area contributed by atoms with E-state index in [2.05, 4.69) is 14.6 Å². The highest BCUT2D eigenvalue weighted by atomic mass is 35.5. The van der Waals surface area contributed by atoms with E-state index in [9.17, 15) is 0 Å². The maximum Gasteiger partial charge on any atom is 0.124 e. The predicted octanol–water partition coefficient (Wildman–Crippen LogP) is 3.40. The second-order valence-electron chi connectivity index (χ2n) is 4.72. The molecular weight excluding hydrogens is 295 g/mol. The maximum absolute atomic E-state index is 6.01. The number of aromatic nitrogens is 4. The maximum atomic E-state index is 6.01. The fraction of sp³-hybridized carbons (Fsp3) is 0.286. The van der Waals surface area contributed by atoms with Crippen LogP contribution in [0.5, 0.6) is 0 Å². The highest BCUT2D eigenvalue weighted by molar-refractivity contribution is 6.31. The molecule has 1 aromatic carbocycles. The summed E-state index contributed by atoms with van der Waals surface area (Å²) in [5.41, 5.74) is 3.15. The zero-order valence-electron chi connectivity index (χ0n) is 11.1. The van der Waals surface area contributed by atoms with E-state index in [1.807, 2.05) is 42.3 Å². The molecule has 20 heavy (non-hydrogen) atoms. The Labute approximate surface area is 126 Å². The lowest BCUT2D eigenvalue weighted by molar-refractivity contribution is 0.687. The van der Waals surface area contributed by atoms with E-state index in [0.29, 0.717) is 10.9 Å². The van der Waals surface area contributed by atoms with Gasteiger partial charge in [0.05, 0.1) is 23.1 Å². The molecule has 2 aromatic heterocycles. The van der Waals surface area contributed by atoms with Crippen LogP contribution in [0.3, 0.4) is 0 Å². The Balaban J connectivity index is 1.93. The van der Waals surface area contributed by atoms with Crippen molar-refractivity contribution in [1.29, 1.82) is 0 Å². The molecule has 0 bridgehead atoms. The minimum Gasteiger partial charge on any atom is -0.327 e. The molecule has 3 rings (SSSR count). The summed E-state index contributed by atoms with van der Waals surface area (Å²) in [6, 6.07) is 5.74. The van der Waals surface area contributed by atoms with Crippen LogP contribution in [0.25, 0.3) is 11.0 Å². The standard InChI is InChI=1S/C14H14Cl2N4/c1-19-9-10(8-17-19)4-5-20-13-3-2-11(16)6-12(13)18-14(20)7-15/h2-3,6,8-9H,4-5,7H2,1H3. The minimum absolute atomic E-state index is 0.388. The van der Waals surface area contributed by atoms with Gasteiger partial charge in [-0.3, -0.25) is 4.68 Å². The number of aryl methyl sites for hydroxylation is 3. The van der Waals surface area contributed by atoms with Crippen molar-refractivity contribution < 1.29 is 0 Å². The molecule has 0 fully saturated rings. The molecular formula is C14H14Cl2N4. The molecule has 3 aromatic rings. The zero-order chi connectivity index (χ0) is 14.1. The van der Waals surface area contributed by atoms with Crippen LogP contribution in [-0.2, 0) is 25.9 Å². The predicted molar refractivity (Wildman–Crippen MR) is 81.2 cm³/mol. The molecule has 0 spiro atoms. The van der Waals surface area contributed by atoms with E-state index in [1.165, 1.54) is 5.56 Å². The SMILES string of the molecule is Cn1cc(CCn2c(CCl)nc3cc(Cl)ccc32)cn1. The number of imidazole rings is 1. The fourth-order valence-corrected chi connectivity index (χ4v) is 2.72. The molecule has 0 aliphatic heterocycles. The fourth-order valence-electron chi connectivity index (χ4n) is 2.35. The molecule has 0 unspecified atom stereocenters. The molecule has 0 radical (unpaired) electrons. The van der Waals surface area contributed by atoms with Crippen LogP contribution in [-0.4, -0.2) is 19.3 Å². The number of hydrogen-bond acceptors (Lipinski definition) is 2. The van der Waals surface area contributed by atoms with Crippen molar-refractivity contribution >= 4 is 34.2 Å². The van der Waals surface area contributed by atoms with Crippen molar-refractivity contribution in [3.05, 3.63) is 47.0 Å². The summed E-state index contributed by atoms with van der Waals surface area (Å²) in [5, 5.41) is 4.87. The first-order chi connectivity index (χ1) is 9.67. The van der Waals surface area contributed by atoms with Gasteiger partial charge in [0, 0.05) is 24.8 Å². The van der Waals surface area contributed by atoms with Crippen molar-refractivity contribution in [2.45, 2.75) is 18.8 Å². The summed E-state index contributed by atoms with van der Waals surface area (Å²) >= 11 is 12.0. The van der Waals surface area contributed by atoms with Gasteiger partial charge < -0.3 is 4.57 Å². The van der Waals surface area contributed by atoms with Crippen molar-refractivity contribution in [2.75, 3.05) is 0 Å². The summed E-state index contributed by atoms with van der Waals surface area (Å²) < 4.78 is 3.95. The first-order valence-corrected chi connectivity index (χ1v) is 7.27. The molecule has 4 nitrogen and oxygen atoms in total. The van der Waals surface area contributed by atoms with Gasteiger partial charge in [-0.15, -0.1) is 11.6 Å². The van der Waals surface area contributed by atoms with Crippen LogP contribution in [0.4, 0.5) is 0 Å². The van der Waals surface area contributed by atoms with Gasteiger partial charge in [0.25, 0.3) is 0 Å². The van der Waals surface area contributed by atoms with Gasteiger partial charge in [0.2, 0.25) is 0 Å². The summed E-state index contributed by atoms with van der Waals surface area (Å²) in [4.78, 5) is 4.54. The molecule has 0 amide bonds. The minimum atomic E-state index is 0.388. The van der Waals surface area contributed by atoms with Crippen LogP contribution >= 0.6 is 23.2 Å². The number of benzene rings is 1. The van der Waals surface area contributed by atoms with Crippen molar-refractivity contribution in [2.24, 2.45) is 7.05 Å². The highest BCUT2D eigenvalue weighted by Gasteiger charge is 2.10. The Hall–Kier alpha value is -1.52. The summed E-state index contributed by atoms with van der Waals surface area (Å²) in [6.45, 7) is 0.825. The van der Waals surface area contributed by atoms with Crippen LogP contribution in [0.1, 0.15) is 11.4 Å². The van der Waals surface area contributed by atoms with E-state index in [0.717, 1.165) is 29.8 Å². The Kier molecular flexibility index (Phi) is 3.68. The average molecular weight is 309 g/mol. The first-order valence-electron chi connectivity index (χ1n) is 6.35. The lowest BCUT2D eigenvalue weighted by Gasteiger charge is -2.06. The Morgan fingerprint density at radius 1 is 1.30 bits per heavy atom. The molecule has 0 saturated heterocycles. The summed E-state index contributed by atoms with van der Waals surface area (Å²) in [5.74, 6) is 1.26. The Bertz CT molecular complexity index is 745. The first kappa shape index (κ1) is 13.5. The molecule has 2 heterocycles. The normalized spacial score (nSPS) is 11.3. The smallest absolute Gasteiger partial charge is 0.124 e. The number of rotatable bonds is 4. The van der Waals surface area contributed by atoms with Crippen molar-refractivity contribution in [3.63, 3.8) is 0 Å². The molecule has 0 atom stereocenters. The second-order valence-corrected chi connectivity index (χ2v) is 5.42. The topological polar surface area (TPSA) is 35.6 Å². The van der Waals surface area contributed by atoms with Crippen LogP contribution < -0.4 is 0 Å². The number of fused-ring (bicyclic) bond motifs is 1. The molecule has 0 saturated carbocycles. The molecule has 0 aliphatic rings. The molecule has 104 valence electrons. The van der Waals surface area contributed by atoms with Gasteiger partial charge in [0.1, 0.15) is 5.82 Å². The molecule has 0 N–H and O–H groups in total. The monoisotopic (exact) mass is 308 g/mol. The average Bonchev–Trinajstić information content (AvgIpc) is 2.99. The third-order valence-corrected chi connectivity index (χ3v) is 3.77. The number of alkyl halides is 1. The van der Waals surface area contributed by atoms with Crippen molar-refractivity contribution in [3.8, 4) is 0 Å². The largest absolute Gasteiger partial charge is 0.327 e.